The Hall–Kier alpha value is -1.79. The Balaban J connectivity index is 1.47. The van der Waals surface area contributed by atoms with E-state index in [0.717, 1.165) is 70.3 Å². The normalized spacial score (nSPS) is 19.9. The van der Waals surface area contributed by atoms with Crippen LogP contribution in [0.1, 0.15) is 6.92 Å². The van der Waals surface area contributed by atoms with Crippen LogP contribution in [0.15, 0.2) is 24.3 Å². The summed E-state index contributed by atoms with van der Waals surface area (Å²) in [5.41, 5.74) is 1.15. The quantitative estimate of drug-likeness (QED) is 0.795. The third-order valence-electron chi connectivity index (χ3n) is 5.33. The van der Waals surface area contributed by atoms with E-state index < -0.39 is 0 Å². The number of amides is 1. The van der Waals surface area contributed by atoms with Gasteiger partial charge in [-0.15, -0.1) is 0 Å². The highest BCUT2D eigenvalue weighted by Crippen LogP contribution is 2.28. The van der Waals surface area contributed by atoms with E-state index in [-0.39, 0.29) is 5.91 Å². The Kier molecular flexibility index (Phi) is 6.15. The van der Waals surface area contributed by atoms with Crippen molar-refractivity contribution in [2.24, 2.45) is 0 Å². The second kappa shape index (κ2) is 8.54. The van der Waals surface area contributed by atoms with Crippen molar-refractivity contribution < 1.29 is 9.53 Å². The summed E-state index contributed by atoms with van der Waals surface area (Å²) in [6.45, 7) is 11.2. The molecule has 0 aliphatic carbocycles. The zero-order chi connectivity index (χ0) is 17.6. The Morgan fingerprint density at radius 2 is 1.60 bits per heavy atom. The highest BCUT2D eigenvalue weighted by Gasteiger charge is 2.25. The van der Waals surface area contributed by atoms with Crippen molar-refractivity contribution >= 4 is 11.6 Å². The number of anilines is 1. The van der Waals surface area contributed by atoms with Gasteiger partial charge in [-0.05, 0) is 18.7 Å². The monoisotopic (exact) mass is 346 g/mol. The van der Waals surface area contributed by atoms with E-state index in [1.165, 1.54) is 0 Å². The number of carbonyl (C=O) groups is 1. The standard InChI is InChI=1S/C19H30N4O2/c1-3-20-8-14-23(15-9-20)19(24)16-21-10-12-22(13-11-21)17-6-4-5-7-18(17)25-2/h4-7H,3,8-16H2,1-2H3. The van der Waals surface area contributed by atoms with Crippen LogP contribution in [0.2, 0.25) is 0 Å². The molecule has 2 heterocycles. The molecule has 2 aliphatic heterocycles. The zero-order valence-corrected chi connectivity index (χ0v) is 15.5. The van der Waals surface area contributed by atoms with E-state index in [9.17, 15) is 4.79 Å². The first kappa shape index (κ1) is 18.0. The molecular formula is C19H30N4O2. The molecule has 2 saturated heterocycles. The molecule has 1 aromatic rings. The molecule has 0 spiro atoms. The highest BCUT2D eigenvalue weighted by molar-refractivity contribution is 5.78. The molecule has 0 atom stereocenters. The molecule has 25 heavy (non-hydrogen) atoms. The predicted octanol–water partition coefficient (Wildman–Crippen LogP) is 0.981. The Morgan fingerprint density at radius 1 is 0.960 bits per heavy atom. The fraction of sp³-hybridized carbons (Fsp3) is 0.632. The second-order valence-electron chi connectivity index (χ2n) is 6.75. The van der Waals surface area contributed by atoms with Gasteiger partial charge in [0.25, 0.3) is 0 Å². The van der Waals surface area contributed by atoms with E-state index in [4.69, 9.17) is 4.74 Å². The molecular weight excluding hydrogens is 316 g/mol. The summed E-state index contributed by atoms with van der Waals surface area (Å²) in [4.78, 5) is 21.6. The van der Waals surface area contributed by atoms with Gasteiger partial charge in [0.1, 0.15) is 5.75 Å². The minimum atomic E-state index is 0.279. The van der Waals surface area contributed by atoms with E-state index in [1.54, 1.807) is 7.11 Å². The smallest absolute Gasteiger partial charge is 0.236 e. The number of carbonyl (C=O) groups excluding carboxylic acids is 1. The molecule has 0 aromatic heterocycles. The highest BCUT2D eigenvalue weighted by atomic mass is 16.5. The van der Waals surface area contributed by atoms with E-state index in [2.05, 4.69) is 27.7 Å². The Bertz CT molecular complexity index is 564. The Morgan fingerprint density at radius 3 is 2.24 bits per heavy atom. The maximum absolute atomic E-state index is 12.5. The summed E-state index contributed by atoms with van der Waals surface area (Å²) >= 11 is 0. The number of para-hydroxylation sites is 2. The summed E-state index contributed by atoms with van der Waals surface area (Å²) in [6, 6.07) is 8.15. The SMILES string of the molecule is CCN1CCN(C(=O)CN2CCN(c3ccccc3OC)CC2)CC1. The molecule has 2 aliphatic rings. The van der Waals surface area contributed by atoms with Crippen LogP contribution >= 0.6 is 0 Å². The molecule has 0 bridgehead atoms. The lowest BCUT2D eigenvalue weighted by Gasteiger charge is -2.38. The molecule has 3 rings (SSSR count). The molecule has 1 amide bonds. The molecule has 1 aromatic carbocycles. The molecule has 6 heteroatoms. The topological polar surface area (TPSA) is 39.3 Å². The summed E-state index contributed by atoms with van der Waals surface area (Å²) in [6.07, 6.45) is 0. The van der Waals surface area contributed by atoms with Crippen LogP contribution in [-0.4, -0.2) is 93.2 Å². The van der Waals surface area contributed by atoms with Gasteiger partial charge in [0.2, 0.25) is 5.91 Å². The van der Waals surface area contributed by atoms with Gasteiger partial charge in [0.05, 0.1) is 19.3 Å². The number of likely N-dealkylation sites (N-methyl/N-ethyl adjacent to an activating group) is 1. The maximum atomic E-state index is 12.5. The molecule has 6 nitrogen and oxygen atoms in total. The number of methoxy groups -OCH3 is 1. The first-order chi connectivity index (χ1) is 12.2. The van der Waals surface area contributed by atoms with Gasteiger partial charge >= 0.3 is 0 Å². The van der Waals surface area contributed by atoms with E-state index in [0.29, 0.717) is 6.54 Å². The number of hydrogen-bond donors (Lipinski definition) is 0. The van der Waals surface area contributed by atoms with Crippen LogP contribution in [0.5, 0.6) is 5.75 Å². The largest absolute Gasteiger partial charge is 0.495 e. The minimum absolute atomic E-state index is 0.279. The lowest BCUT2D eigenvalue weighted by molar-refractivity contribution is -0.134. The molecule has 0 N–H and O–H groups in total. The first-order valence-electron chi connectivity index (χ1n) is 9.31. The maximum Gasteiger partial charge on any atom is 0.236 e. The first-order valence-corrected chi connectivity index (χ1v) is 9.31. The molecule has 138 valence electrons. The molecule has 0 saturated carbocycles. The number of ether oxygens (including phenoxy) is 1. The zero-order valence-electron chi connectivity index (χ0n) is 15.5. The van der Waals surface area contributed by atoms with Crippen molar-refractivity contribution in [3.8, 4) is 5.75 Å². The van der Waals surface area contributed by atoms with Crippen molar-refractivity contribution in [1.29, 1.82) is 0 Å². The van der Waals surface area contributed by atoms with Crippen molar-refractivity contribution in [3.05, 3.63) is 24.3 Å². The van der Waals surface area contributed by atoms with Crippen LogP contribution in [0.25, 0.3) is 0 Å². The lowest BCUT2D eigenvalue weighted by Crippen LogP contribution is -2.53. The van der Waals surface area contributed by atoms with Crippen LogP contribution < -0.4 is 9.64 Å². The average Bonchev–Trinajstić information content (AvgIpc) is 2.68. The fourth-order valence-electron chi connectivity index (χ4n) is 3.64. The second-order valence-corrected chi connectivity index (χ2v) is 6.75. The summed E-state index contributed by atoms with van der Waals surface area (Å²) in [5.74, 6) is 1.20. The van der Waals surface area contributed by atoms with Gasteiger partial charge in [-0.25, -0.2) is 0 Å². The van der Waals surface area contributed by atoms with Gasteiger partial charge in [0, 0.05) is 52.4 Å². The summed E-state index contributed by atoms with van der Waals surface area (Å²) < 4.78 is 5.47. The van der Waals surface area contributed by atoms with Crippen LogP contribution in [-0.2, 0) is 4.79 Å². The average molecular weight is 346 g/mol. The molecule has 0 unspecified atom stereocenters. The molecule has 2 fully saturated rings. The number of hydrogen-bond acceptors (Lipinski definition) is 5. The van der Waals surface area contributed by atoms with Gasteiger partial charge in [-0.2, -0.15) is 0 Å². The van der Waals surface area contributed by atoms with Crippen molar-refractivity contribution in [2.75, 3.05) is 77.5 Å². The minimum Gasteiger partial charge on any atom is -0.495 e. The lowest BCUT2D eigenvalue weighted by atomic mass is 10.2. The van der Waals surface area contributed by atoms with Crippen LogP contribution in [0.4, 0.5) is 5.69 Å². The number of piperazine rings is 2. The third-order valence-corrected chi connectivity index (χ3v) is 5.33. The van der Waals surface area contributed by atoms with Gasteiger partial charge in [-0.3, -0.25) is 9.69 Å². The van der Waals surface area contributed by atoms with E-state index >= 15 is 0 Å². The van der Waals surface area contributed by atoms with Gasteiger partial charge < -0.3 is 19.4 Å². The molecule has 0 radical (unpaired) electrons. The fourth-order valence-corrected chi connectivity index (χ4v) is 3.64. The van der Waals surface area contributed by atoms with Gasteiger partial charge in [0.15, 0.2) is 0 Å². The number of benzene rings is 1. The van der Waals surface area contributed by atoms with E-state index in [1.807, 2.05) is 23.1 Å². The third kappa shape index (κ3) is 4.44. The van der Waals surface area contributed by atoms with Crippen LogP contribution in [0.3, 0.4) is 0 Å². The summed E-state index contributed by atoms with van der Waals surface area (Å²) in [5, 5.41) is 0. The number of rotatable bonds is 5. The summed E-state index contributed by atoms with van der Waals surface area (Å²) in [7, 11) is 1.71. The Labute approximate surface area is 150 Å². The van der Waals surface area contributed by atoms with Crippen molar-refractivity contribution in [2.45, 2.75) is 6.92 Å². The number of nitrogens with zero attached hydrogens (tertiary/aromatic N) is 4. The van der Waals surface area contributed by atoms with Crippen molar-refractivity contribution in [1.82, 2.24) is 14.7 Å². The van der Waals surface area contributed by atoms with Gasteiger partial charge in [-0.1, -0.05) is 19.1 Å². The van der Waals surface area contributed by atoms with Crippen LogP contribution in [0, 0.1) is 0 Å². The predicted molar refractivity (Wildman–Crippen MR) is 100 cm³/mol. The van der Waals surface area contributed by atoms with Crippen molar-refractivity contribution in [3.63, 3.8) is 0 Å².